The lowest BCUT2D eigenvalue weighted by Gasteiger charge is -2.20. The van der Waals surface area contributed by atoms with Crippen molar-refractivity contribution in [2.75, 3.05) is 5.32 Å². The molecule has 8 heteroatoms. The third-order valence-corrected chi connectivity index (χ3v) is 3.82. The molecule has 2 aromatic rings. The highest BCUT2D eigenvalue weighted by molar-refractivity contribution is 6.09. The Hall–Kier alpha value is -2.87. The van der Waals surface area contributed by atoms with Gasteiger partial charge in [-0.05, 0) is 30.3 Å². The fourth-order valence-corrected chi connectivity index (χ4v) is 2.65. The summed E-state index contributed by atoms with van der Waals surface area (Å²) in [5, 5.41) is 13.1. The van der Waals surface area contributed by atoms with E-state index in [0.29, 0.717) is 5.69 Å². The number of ketones is 1. The van der Waals surface area contributed by atoms with Crippen LogP contribution in [0.2, 0.25) is 0 Å². The molecule has 2 aromatic carbocycles. The van der Waals surface area contributed by atoms with E-state index in [-0.39, 0.29) is 11.1 Å². The number of benzene rings is 2. The van der Waals surface area contributed by atoms with Crippen molar-refractivity contribution >= 4 is 17.4 Å². The Morgan fingerprint density at radius 2 is 1.76 bits per heavy atom. The molecule has 3 rings (SSSR count). The van der Waals surface area contributed by atoms with E-state index in [4.69, 9.17) is 0 Å². The third-order valence-electron chi connectivity index (χ3n) is 3.82. The van der Waals surface area contributed by atoms with E-state index in [9.17, 15) is 27.9 Å². The van der Waals surface area contributed by atoms with Gasteiger partial charge < -0.3 is 15.2 Å². The Balaban J connectivity index is 1.79. The zero-order valence-electron chi connectivity index (χ0n) is 12.6. The number of ether oxygens (including phenoxy) is 1. The molecule has 0 saturated carbocycles. The summed E-state index contributed by atoms with van der Waals surface area (Å²) in [6, 6.07) is 10.7. The van der Waals surface area contributed by atoms with E-state index in [0.717, 1.165) is 24.3 Å². The number of amides is 1. The normalized spacial score (nSPS) is 19.3. The van der Waals surface area contributed by atoms with Gasteiger partial charge in [0, 0.05) is 16.8 Å². The number of rotatable bonds is 4. The summed E-state index contributed by atoms with van der Waals surface area (Å²) in [6.45, 7) is 0. The maximum Gasteiger partial charge on any atom is 0.573 e. The molecule has 130 valence electrons. The molecule has 5 nitrogen and oxygen atoms in total. The van der Waals surface area contributed by atoms with Crippen LogP contribution < -0.4 is 10.1 Å². The first-order valence-electron chi connectivity index (χ1n) is 7.21. The minimum atomic E-state index is -4.83. The highest BCUT2D eigenvalue weighted by atomic mass is 19.4. The van der Waals surface area contributed by atoms with Gasteiger partial charge >= 0.3 is 6.36 Å². The van der Waals surface area contributed by atoms with Gasteiger partial charge in [0.25, 0.3) is 5.91 Å². The first kappa shape index (κ1) is 17.0. The molecule has 1 amide bonds. The Morgan fingerprint density at radius 1 is 1.12 bits per heavy atom. The van der Waals surface area contributed by atoms with Gasteiger partial charge in [-0.3, -0.25) is 9.59 Å². The number of hydrogen-bond donors (Lipinski definition) is 2. The number of fused-ring (bicyclic) bond motifs is 1. The van der Waals surface area contributed by atoms with Crippen molar-refractivity contribution in [2.24, 2.45) is 0 Å². The van der Waals surface area contributed by atoms with Crippen molar-refractivity contribution in [1.82, 2.24) is 0 Å². The fourth-order valence-electron chi connectivity index (χ4n) is 2.65. The van der Waals surface area contributed by atoms with Gasteiger partial charge in [-0.2, -0.15) is 0 Å². The average Bonchev–Trinajstić information content (AvgIpc) is 2.78. The topological polar surface area (TPSA) is 75.6 Å². The number of halogens is 3. The second-order valence-corrected chi connectivity index (χ2v) is 5.53. The lowest BCUT2D eigenvalue weighted by Crippen LogP contribution is -2.36. The van der Waals surface area contributed by atoms with Crippen LogP contribution in [0.5, 0.6) is 5.75 Å². The smallest absolute Gasteiger partial charge is 0.406 e. The van der Waals surface area contributed by atoms with Crippen LogP contribution in [-0.4, -0.2) is 23.2 Å². The molecule has 0 aliphatic carbocycles. The summed E-state index contributed by atoms with van der Waals surface area (Å²) in [6.07, 6.45) is -5.36. The van der Waals surface area contributed by atoms with Crippen LogP contribution in [0.15, 0.2) is 48.5 Å². The van der Waals surface area contributed by atoms with Crippen molar-refractivity contribution in [3.05, 3.63) is 59.7 Å². The SMILES string of the molecule is O=C(CC1(O)C(=O)Nc2ccccc21)c1ccc(OC(F)(F)F)cc1. The highest BCUT2D eigenvalue weighted by Crippen LogP contribution is 2.38. The van der Waals surface area contributed by atoms with Gasteiger partial charge in [-0.15, -0.1) is 13.2 Å². The Bertz CT molecular complexity index is 833. The number of Topliss-reactive ketones (excluding diaryl/α,β-unsaturated/α-hetero) is 1. The van der Waals surface area contributed by atoms with Gasteiger partial charge in [0.15, 0.2) is 11.4 Å². The van der Waals surface area contributed by atoms with Crippen LogP contribution in [0.1, 0.15) is 22.3 Å². The molecule has 0 fully saturated rings. The Morgan fingerprint density at radius 3 is 2.40 bits per heavy atom. The molecule has 25 heavy (non-hydrogen) atoms. The van der Waals surface area contributed by atoms with E-state index >= 15 is 0 Å². The number of anilines is 1. The van der Waals surface area contributed by atoms with E-state index in [1.807, 2.05) is 0 Å². The number of carbonyl (C=O) groups excluding carboxylic acids is 2. The largest absolute Gasteiger partial charge is 0.573 e. The molecule has 2 N–H and O–H groups in total. The van der Waals surface area contributed by atoms with Crippen molar-refractivity contribution in [3.8, 4) is 5.75 Å². The zero-order valence-corrected chi connectivity index (χ0v) is 12.6. The first-order chi connectivity index (χ1) is 11.7. The lowest BCUT2D eigenvalue weighted by atomic mass is 9.88. The van der Waals surface area contributed by atoms with Crippen LogP contribution in [-0.2, 0) is 10.4 Å². The number of hydrogen-bond acceptors (Lipinski definition) is 4. The van der Waals surface area contributed by atoms with Crippen LogP contribution in [0.4, 0.5) is 18.9 Å². The first-order valence-corrected chi connectivity index (χ1v) is 7.21. The van der Waals surface area contributed by atoms with Crippen LogP contribution in [0.3, 0.4) is 0 Å². The van der Waals surface area contributed by atoms with E-state index < -0.39 is 35.8 Å². The van der Waals surface area contributed by atoms with Crippen molar-refractivity contribution < 1.29 is 32.6 Å². The summed E-state index contributed by atoms with van der Waals surface area (Å²) in [4.78, 5) is 24.4. The van der Waals surface area contributed by atoms with Gasteiger partial charge in [0.05, 0.1) is 6.42 Å². The van der Waals surface area contributed by atoms with Gasteiger partial charge in [0.2, 0.25) is 0 Å². The third kappa shape index (κ3) is 3.34. The molecule has 0 aromatic heterocycles. The summed E-state index contributed by atoms with van der Waals surface area (Å²) >= 11 is 0. The quantitative estimate of drug-likeness (QED) is 0.831. The summed E-state index contributed by atoms with van der Waals surface area (Å²) in [5.41, 5.74) is -1.27. The molecule has 0 saturated heterocycles. The molecule has 1 atom stereocenters. The monoisotopic (exact) mass is 351 g/mol. The van der Waals surface area contributed by atoms with Gasteiger partial charge in [-0.25, -0.2) is 0 Å². The number of alkyl halides is 3. The Kier molecular flexibility index (Phi) is 4.00. The zero-order chi connectivity index (χ0) is 18.2. The molecule has 1 aliphatic heterocycles. The second-order valence-electron chi connectivity index (χ2n) is 5.53. The van der Waals surface area contributed by atoms with Gasteiger partial charge in [-0.1, -0.05) is 18.2 Å². The molecule has 0 bridgehead atoms. The van der Waals surface area contributed by atoms with Crippen LogP contribution >= 0.6 is 0 Å². The molecule has 1 unspecified atom stereocenters. The second kappa shape index (κ2) is 5.89. The van der Waals surface area contributed by atoms with E-state index in [2.05, 4.69) is 10.1 Å². The van der Waals surface area contributed by atoms with Crippen molar-refractivity contribution in [1.29, 1.82) is 0 Å². The van der Waals surface area contributed by atoms with Crippen molar-refractivity contribution in [3.63, 3.8) is 0 Å². The average molecular weight is 351 g/mol. The lowest BCUT2D eigenvalue weighted by molar-refractivity contribution is -0.274. The van der Waals surface area contributed by atoms with Crippen LogP contribution in [0.25, 0.3) is 0 Å². The Labute approximate surface area is 140 Å². The minimum Gasteiger partial charge on any atom is -0.406 e. The maximum absolute atomic E-state index is 12.4. The number of aliphatic hydroxyl groups is 1. The molecule has 1 aliphatic rings. The predicted octanol–water partition coefficient (Wildman–Crippen LogP) is 3.00. The standard InChI is InChI=1S/C17H12F3NO4/c18-17(19,20)25-11-7-5-10(6-8-11)14(22)9-16(24)12-3-1-2-4-13(12)21-15(16)23/h1-8,24H,9H2,(H,21,23). The number of nitrogens with one attached hydrogen (secondary N) is 1. The summed E-state index contributed by atoms with van der Waals surface area (Å²) < 4.78 is 40.1. The molecular weight excluding hydrogens is 339 g/mol. The molecular formula is C17H12F3NO4. The number of carbonyl (C=O) groups is 2. The predicted molar refractivity (Wildman–Crippen MR) is 81.0 cm³/mol. The summed E-state index contributed by atoms with van der Waals surface area (Å²) in [5.74, 6) is -1.78. The molecule has 0 radical (unpaired) electrons. The molecule has 0 spiro atoms. The van der Waals surface area contributed by atoms with Crippen molar-refractivity contribution in [2.45, 2.75) is 18.4 Å². The maximum atomic E-state index is 12.4. The van der Waals surface area contributed by atoms with E-state index in [1.165, 1.54) is 6.07 Å². The molecule has 1 heterocycles. The summed E-state index contributed by atoms with van der Waals surface area (Å²) in [7, 11) is 0. The van der Waals surface area contributed by atoms with E-state index in [1.54, 1.807) is 18.2 Å². The minimum absolute atomic E-state index is 0.0557. The number of para-hydroxylation sites is 1. The van der Waals surface area contributed by atoms with Crippen LogP contribution in [0, 0.1) is 0 Å². The van der Waals surface area contributed by atoms with Gasteiger partial charge in [0.1, 0.15) is 5.75 Å². The highest BCUT2D eigenvalue weighted by Gasteiger charge is 2.46. The fraction of sp³-hybridized carbons (Fsp3) is 0.176.